The Bertz CT molecular complexity index is 2430. The van der Waals surface area contributed by atoms with Crippen LogP contribution in [0, 0.1) is 27.7 Å². The number of nitrogens with zero attached hydrogens (tertiary/aromatic N) is 2. The van der Waals surface area contributed by atoms with Crippen molar-refractivity contribution in [2.75, 3.05) is 9.80 Å². The van der Waals surface area contributed by atoms with E-state index in [-0.39, 0.29) is 0 Å². The number of para-hydroxylation sites is 2. The van der Waals surface area contributed by atoms with Crippen molar-refractivity contribution in [1.82, 2.24) is 0 Å². The van der Waals surface area contributed by atoms with Crippen LogP contribution >= 0.6 is 0 Å². The number of hydrogen-bond donors (Lipinski definition) is 0. The van der Waals surface area contributed by atoms with Crippen LogP contribution in [0.1, 0.15) is 44.5 Å². The molecular formula is C54H46N2. The normalized spacial score (nSPS) is 11.4. The van der Waals surface area contributed by atoms with Gasteiger partial charge in [-0.1, -0.05) is 169 Å². The molecule has 0 heterocycles. The number of rotatable bonds is 10. The fraction of sp³-hybridized carbons (Fsp3) is 0.0741. The van der Waals surface area contributed by atoms with Gasteiger partial charge in [-0.3, -0.25) is 0 Å². The molecule has 56 heavy (non-hydrogen) atoms. The van der Waals surface area contributed by atoms with Crippen molar-refractivity contribution < 1.29 is 0 Å². The van der Waals surface area contributed by atoms with Gasteiger partial charge in [0.2, 0.25) is 0 Å². The van der Waals surface area contributed by atoms with Gasteiger partial charge in [-0.25, -0.2) is 0 Å². The monoisotopic (exact) mass is 722 g/mol. The summed E-state index contributed by atoms with van der Waals surface area (Å²) in [4.78, 5) is 4.84. The number of aryl methyl sites for hydroxylation is 2. The van der Waals surface area contributed by atoms with Gasteiger partial charge in [0, 0.05) is 33.5 Å². The molecule has 2 nitrogen and oxygen atoms in total. The molecule has 0 saturated heterocycles. The van der Waals surface area contributed by atoms with Crippen LogP contribution < -0.4 is 9.80 Å². The predicted molar refractivity (Wildman–Crippen MR) is 243 cm³/mol. The molecule has 0 spiro atoms. The molecule has 0 aromatic heterocycles. The minimum Gasteiger partial charge on any atom is -0.310 e. The van der Waals surface area contributed by atoms with E-state index in [1.165, 1.54) is 55.5 Å². The second-order valence-electron chi connectivity index (χ2n) is 14.5. The summed E-state index contributed by atoms with van der Waals surface area (Å²) in [5.41, 5.74) is 16.5. The van der Waals surface area contributed by atoms with Crippen molar-refractivity contribution in [3.05, 3.63) is 226 Å². The summed E-state index contributed by atoms with van der Waals surface area (Å²) in [5, 5.41) is 2.38. The molecule has 8 rings (SSSR count). The average molecular weight is 723 g/mol. The minimum atomic E-state index is 1.11. The van der Waals surface area contributed by atoms with Crippen molar-refractivity contribution in [3.63, 3.8) is 0 Å². The van der Waals surface area contributed by atoms with E-state index < -0.39 is 0 Å². The van der Waals surface area contributed by atoms with E-state index in [4.69, 9.17) is 0 Å². The molecule has 2 heteroatoms. The molecule has 0 bridgehead atoms. The third kappa shape index (κ3) is 7.69. The van der Waals surface area contributed by atoms with E-state index in [9.17, 15) is 0 Å². The maximum atomic E-state index is 2.42. The molecule has 8 aromatic rings. The highest BCUT2D eigenvalue weighted by Crippen LogP contribution is 2.49. The first-order chi connectivity index (χ1) is 27.4. The molecule has 0 saturated carbocycles. The number of anilines is 6. The molecule has 0 radical (unpaired) electrons. The zero-order valence-corrected chi connectivity index (χ0v) is 32.5. The lowest BCUT2D eigenvalue weighted by Gasteiger charge is -2.34. The second kappa shape index (κ2) is 16.2. The Kier molecular flexibility index (Phi) is 10.5. The summed E-state index contributed by atoms with van der Waals surface area (Å²) in [6.45, 7) is 8.79. The summed E-state index contributed by atoms with van der Waals surface area (Å²) < 4.78 is 0. The highest BCUT2D eigenvalue weighted by Gasteiger charge is 2.25. The molecule has 0 aliphatic carbocycles. The van der Waals surface area contributed by atoms with Crippen molar-refractivity contribution >= 4 is 69.2 Å². The maximum absolute atomic E-state index is 2.42. The van der Waals surface area contributed by atoms with Gasteiger partial charge < -0.3 is 9.80 Å². The Hall–Kier alpha value is -6.90. The zero-order valence-electron chi connectivity index (χ0n) is 32.5. The van der Waals surface area contributed by atoms with E-state index >= 15 is 0 Å². The highest BCUT2D eigenvalue weighted by atomic mass is 15.2. The van der Waals surface area contributed by atoms with Crippen LogP contribution in [0.25, 0.3) is 35.1 Å². The SMILES string of the molecule is Cc1ccc(C=Cc2ccc(N(c3ccccc3)c3c(C)c(C)c(N(c4ccccc4)c4ccc(C=Cc5ccc(C)cc5)cc4)c4ccccc34)cc2)cc1. The highest BCUT2D eigenvalue weighted by molar-refractivity contribution is 6.10. The van der Waals surface area contributed by atoms with Gasteiger partial charge in [0.15, 0.2) is 0 Å². The van der Waals surface area contributed by atoms with E-state index in [0.717, 1.165) is 33.9 Å². The van der Waals surface area contributed by atoms with Gasteiger partial charge in [-0.05, 0) is 110 Å². The molecule has 0 atom stereocenters. The van der Waals surface area contributed by atoms with Crippen LogP contribution in [0.3, 0.4) is 0 Å². The molecule has 0 amide bonds. The van der Waals surface area contributed by atoms with E-state index in [0.29, 0.717) is 0 Å². The van der Waals surface area contributed by atoms with Gasteiger partial charge in [0.25, 0.3) is 0 Å². The zero-order chi connectivity index (χ0) is 38.4. The molecule has 0 aliphatic rings. The summed E-state index contributed by atoms with van der Waals surface area (Å²) in [6, 6.07) is 65.4. The molecular weight excluding hydrogens is 677 g/mol. The lowest BCUT2D eigenvalue weighted by molar-refractivity contribution is 1.21. The lowest BCUT2D eigenvalue weighted by atomic mass is 9.94. The average Bonchev–Trinajstić information content (AvgIpc) is 3.25. The van der Waals surface area contributed by atoms with Gasteiger partial charge >= 0.3 is 0 Å². The summed E-state index contributed by atoms with van der Waals surface area (Å²) >= 11 is 0. The smallest absolute Gasteiger partial charge is 0.0573 e. The molecule has 0 unspecified atom stereocenters. The Morgan fingerprint density at radius 2 is 0.554 bits per heavy atom. The topological polar surface area (TPSA) is 6.48 Å². The fourth-order valence-corrected chi connectivity index (χ4v) is 7.41. The van der Waals surface area contributed by atoms with Gasteiger partial charge in [-0.15, -0.1) is 0 Å². The van der Waals surface area contributed by atoms with Crippen molar-refractivity contribution in [1.29, 1.82) is 0 Å². The van der Waals surface area contributed by atoms with Crippen LogP contribution in [-0.4, -0.2) is 0 Å². The Morgan fingerprint density at radius 1 is 0.286 bits per heavy atom. The first-order valence-corrected chi connectivity index (χ1v) is 19.3. The number of hydrogen-bond acceptors (Lipinski definition) is 2. The molecule has 272 valence electrons. The molecule has 8 aromatic carbocycles. The van der Waals surface area contributed by atoms with Crippen LogP contribution in [-0.2, 0) is 0 Å². The predicted octanol–water partition coefficient (Wildman–Crippen LogP) is 15.4. The first kappa shape index (κ1) is 36.1. The summed E-state index contributed by atoms with van der Waals surface area (Å²) in [6.07, 6.45) is 8.73. The second-order valence-corrected chi connectivity index (χ2v) is 14.5. The van der Waals surface area contributed by atoms with E-state index in [1.54, 1.807) is 0 Å². The molecule has 0 N–H and O–H groups in total. The third-order valence-electron chi connectivity index (χ3n) is 10.6. The van der Waals surface area contributed by atoms with Gasteiger partial charge in [-0.2, -0.15) is 0 Å². The van der Waals surface area contributed by atoms with Crippen LogP contribution in [0.5, 0.6) is 0 Å². The Labute approximate surface area is 332 Å². The van der Waals surface area contributed by atoms with Crippen molar-refractivity contribution in [2.24, 2.45) is 0 Å². The Morgan fingerprint density at radius 3 is 0.875 bits per heavy atom. The van der Waals surface area contributed by atoms with E-state index in [2.05, 4.69) is 244 Å². The maximum Gasteiger partial charge on any atom is 0.0573 e. The van der Waals surface area contributed by atoms with Gasteiger partial charge in [0.05, 0.1) is 11.4 Å². The largest absolute Gasteiger partial charge is 0.310 e. The summed E-state index contributed by atoms with van der Waals surface area (Å²) in [5.74, 6) is 0. The molecule has 0 fully saturated rings. The first-order valence-electron chi connectivity index (χ1n) is 19.3. The minimum absolute atomic E-state index is 1.11. The summed E-state index contributed by atoms with van der Waals surface area (Å²) in [7, 11) is 0. The lowest BCUT2D eigenvalue weighted by Crippen LogP contribution is -2.16. The van der Waals surface area contributed by atoms with Crippen molar-refractivity contribution in [2.45, 2.75) is 27.7 Å². The standard InChI is InChI=1S/C54H46N2/c1-39-19-23-43(24-20-39)27-29-45-31-35-49(36-32-45)55(47-13-7-5-8-14-47)53-41(3)42(4)54(52-18-12-11-17-51(52)53)56(48-15-9-6-10-16-48)50-37-33-46(34-38-50)30-28-44-25-21-40(2)22-26-44/h5-38H,1-4H3. The number of benzene rings is 8. The number of fused-ring (bicyclic) bond motifs is 1. The third-order valence-corrected chi connectivity index (χ3v) is 10.6. The van der Waals surface area contributed by atoms with E-state index in [1.807, 2.05) is 0 Å². The van der Waals surface area contributed by atoms with Gasteiger partial charge in [0.1, 0.15) is 0 Å². The van der Waals surface area contributed by atoms with Crippen molar-refractivity contribution in [3.8, 4) is 0 Å². The quantitative estimate of drug-likeness (QED) is 0.130. The Balaban J connectivity index is 1.23. The molecule has 0 aliphatic heterocycles. The fourth-order valence-electron chi connectivity index (χ4n) is 7.41. The van der Waals surface area contributed by atoms with Crippen LogP contribution in [0.2, 0.25) is 0 Å². The van der Waals surface area contributed by atoms with Crippen LogP contribution in [0.15, 0.2) is 182 Å². The van der Waals surface area contributed by atoms with Crippen LogP contribution in [0.4, 0.5) is 34.1 Å².